The van der Waals surface area contributed by atoms with Crippen LogP contribution in [0.15, 0.2) is 10.9 Å². The molecule has 20 heavy (non-hydrogen) atoms. The summed E-state index contributed by atoms with van der Waals surface area (Å²) < 4.78 is 45.2. The summed E-state index contributed by atoms with van der Waals surface area (Å²) in [6, 6.07) is 1.04. The topological polar surface area (TPSA) is 68.4 Å². The van der Waals surface area contributed by atoms with E-state index >= 15 is 0 Å². The van der Waals surface area contributed by atoms with Gasteiger partial charge in [-0.25, -0.2) is 0 Å². The molecule has 0 aliphatic heterocycles. The zero-order chi connectivity index (χ0) is 15.3. The molecule has 0 bridgehead atoms. The van der Waals surface area contributed by atoms with Gasteiger partial charge in [-0.3, -0.25) is 9.59 Å². The highest BCUT2D eigenvalue weighted by molar-refractivity contribution is 9.08. The van der Waals surface area contributed by atoms with Crippen molar-refractivity contribution in [2.24, 2.45) is 0 Å². The van der Waals surface area contributed by atoms with Crippen LogP contribution in [-0.2, 0) is 21.3 Å². The van der Waals surface area contributed by atoms with Gasteiger partial charge in [-0.15, -0.1) is 13.2 Å². The number of pyridine rings is 1. The van der Waals surface area contributed by atoms with Crippen LogP contribution in [0.5, 0.6) is 5.88 Å². The lowest BCUT2D eigenvalue weighted by Gasteiger charge is -2.13. The van der Waals surface area contributed by atoms with Crippen molar-refractivity contribution in [3.63, 3.8) is 0 Å². The van der Waals surface area contributed by atoms with Gasteiger partial charge in [0.2, 0.25) is 5.88 Å². The van der Waals surface area contributed by atoms with E-state index in [2.05, 4.69) is 30.4 Å². The van der Waals surface area contributed by atoms with Crippen molar-refractivity contribution >= 4 is 21.9 Å². The SMILES string of the molecule is CCOC(=O)Cc1cc(=O)c(CBr)c(OC(F)(F)F)[nH]1. The van der Waals surface area contributed by atoms with Crippen LogP contribution >= 0.6 is 15.9 Å². The van der Waals surface area contributed by atoms with Crippen LogP contribution in [-0.4, -0.2) is 23.9 Å². The Hall–Kier alpha value is -1.51. The van der Waals surface area contributed by atoms with Crippen molar-refractivity contribution in [1.82, 2.24) is 4.98 Å². The summed E-state index contributed by atoms with van der Waals surface area (Å²) in [5.74, 6) is -1.39. The van der Waals surface area contributed by atoms with E-state index in [-0.39, 0.29) is 29.6 Å². The fourth-order valence-electron chi connectivity index (χ4n) is 1.41. The number of aromatic nitrogens is 1. The summed E-state index contributed by atoms with van der Waals surface area (Å²) in [5, 5.41) is -0.118. The third-order valence-corrected chi connectivity index (χ3v) is 2.70. The molecule has 1 N–H and O–H groups in total. The average Bonchev–Trinajstić information content (AvgIpc) is 2.26. The fraction of sp³-hybridized carbons (Fsp3) is 0.455. The lowest BCUT2D eigenvalue weighted by atomic mass is 10.2. The monoisotopic (exact) mass is 357 g/mol. The van der Waals surface area contributed by atoms with Crippen LogP contribution in [0, 0.1) is 0 Å². The molecule has 0 unspecified atom stereocenters. The molecule has 0 atom stereocenters. The summed E-state index contributed by atoms with van der Waals surface area (Å²) in [7, 11) is 0. The van der Waals surface area contributed by atoms with Crippen molar-refractivity contribution in [3.8, 4) is 5.88 Å². The van der Waals surface area contributed by atoms with Gasteiger partial charge in [0.25, 0.3) is 0 Å². The van der Waals surface area contributed by atoms with Crippen LogP contribution in [0.3, 0.4) is 0 Å². The van der Waals surface area contributed by atoms with Gasteiger partial charge in [0.1, 0.15) is 0 Å². The predicted octanol–water partition coefficient (Wildman–Crippen LogP) is 2.27. The van der Waals surface area contributed by atoms with Gasteiger partial charge in [0, 0.05) is 17.1 Å². The highest BCUT2D eigenvalue weighted by atomic mass is 79.9. The second-order valence-corrected chi connectivity index (χ2v) is 4.19. The highest BCUT2D eigenvalue weighted by Gasteiger charge is 2.33. The largest absolute Gasteiger partial charge is 0.574 e. The zero-order valence-corrected chi connectivity index (χ0v) is 11.9. The van der Waals surface area contributed by atoms with Crippen molar-refractivity contribution < 1.29 is 27.4 Å². The number of carbonyl (C=O) groups excluding carboxylic acids is 1. The smallest absolute Gasteiger partial charge is 0.466 e. The van der Waals surface area contributed by atoms with Gasteiger partial charge in [-0.1, -0.05) is 15.9 Å². The number of hydrogen-bond donors (Lipinski definition) is 1. The molecule has 0 fully saturated rings. The van der Waals surface area contributed by atoms with Crippen molar-refractivity contribution in [2.45, 2.75) is 25.0 Å². The Kier molecular flexibility index (Phi) is 5.61. The first-order chi connectivity index (χ1) is 9.26. The van der Waals surface area contributed by atoms with E-state index in [1.807, 2.05) is 0 Å². The first kappa shape index (κ1) is 16.5. The minimum Gasteiger partial charge on any atom is -0.466 e. The third-order valence-electron chi connectivity index (χ3n) is 2.14. The minimum atomic E-state index is -4.94. The highest BCUT2D eigenvalue weighted by Crippen LogP contribution is 2.24. The molecule has 0 amide bonds. The molecule has 1 heterocycles. The van der Waals surface area contributed by atoms with Crippen LogP contribution in [0.4, 0.5) is 13.2 Å². The normalized spacial score (nSPS) is 11.2. The average molecular weight is 358 g/mol. The van der Waals surface area contributed by atoms with E-state index in [9.17, 15) is 22.8 Å². The lowest BCUT2D eigenvalue weighted by molar-refractivity contribution is -0.276. The third kappa shape index (κ3) is 4.87. The van der Waals surface area contributed by atoms with Crippen LogP contribution in [0.25, 0.3) is 0 Å². The molecule has 1 aromatic rings. The second kappa shape index (κ2) is 6.78. The van der Waals surface area contributed by atoms with Gasteiger partial charge >= 0.3 is 12.3 Å². The van der Waals surface area contributed by atoms with E-state index in [4.69, 9.17) is 0 Å². The number of esters is 1. The molecule has 5 nitrogen and oxygen atoms in total. The summed E-state index contributed by atoms with van der Waals surface area (Å²) in [6.45, 7) is 1.72. The maximum atomic E-state index is 12.3. The first-order valence-electron chi connectivity index (χ1n) is 5.49. The maximum absolute atomic E-state index is 12.3. The molecule has 0 radical (unpaired) electrons. The summed E-state index contributed by atoms with van der Waals surface area (Å²) >= 11 is 2.91. The van der Waals surface area contributed by atoms with Gasteiger partial charge in [-0.2, -0.15) is 0 Å². The number of H-pyrrole nitrogens is 1. The molecule has 112 valence electrons. The standard InChI is InChI=1S/C11H11BrF3NO4/c1-2-19-9(18)4-6-3-8(17)7(5-12)10(16-6)20-11(13,14)15/h3H,2,4-5H2,1H3,(H,16,17). The summed E-state index contributed by atoms with van der Waals surface area (Å²) in [5.41, 5.74) is -0.897. The molecular weight excluding hydrogens is 347 g/mol. The van der Waals surface area contributed by atoms with Crippen LogP contribution in [0.1, 0.15) is 18.2 Å². The molecule has 0 aliphatic rings. The zero-order valence-electron chi connectivity index (χ0n) is 10.3. The molecule has 0 aliphatic carbocycles. The van der Waals surface area contributed by atoms with E-state index in [0.717, 1.165) is 6.07 Å². The Morgan fingerprint density at radius 3 is 2.60 bits per heavy atom. The maximum Gasteiger partial charge on any atom is 0.574 e. The minimum absolute atomic E-state index is 0.0163. The molecule has 0 spiro atoms. The van der Waals surface area contributed by atoms with Gasteiger partial charge in [0.15, 0.2) is 5.43 Å². The number of hydrogen-bond acceptors (Lipinski definition) is 4. The van der Waals surface area contributed by atoms with Crippen molar-refractivity contribution in [1.29, 1.82) is 0 Å². The van der Waals surface area contributed by atoms with Crippen LogP contribution in [0.2, 0.25) is 0 Å². The summed E-state index contributed by atoms with van der Waals surface area (Å²) in [4.78, 5) is 25.2. The number of halogens is 4. The summed E-state index contributed by atoms with van der Waals surface area (Å²) in [6.07, 6.45) is -5.29. The molecular formula is C11H11BrF3NO4. The number of aromatic amines is 1. The molecule has 1 aromatic heterocycles. The van der Waals surface area contributed by atoms with Gasteiger partial charge < -0.3 is 14.5 Å². The molecule has 9 heteroatoms. The Morgan fingerprint density at radius 1 is 1.45 bits per heavy atom. The molecule has 0 aromatic carbocycles. The number of carbonyl (C=O) groups is 1. The lowest BCUT2D eigenvalue weighted by Crippen LogP contribution is -2.23. The van der Waals surface area contributed by atoms with Crippen molar-refractivity contribution in [3.05, 3.63) is 27.5 Å². The quantitative estimate of drug-likeness (QED) is 0.648. The fourth-order valence-corrected chi connectivity index (χ4v) is 1.94. The molecule has 0 saturated heterocycles. The Labute approximate surface area is 120 Å². The molecule has 0 saturated carbocycles. The first-order valence-corrected chi connectivity index (χ1v) is 6.61. The van der Waals surface area contributed by atoms with E-state index in [0.29, 0.717) is 0 Å². The van der Waals surface area contributed by atoms with Gasteiger partial charge in [-0.05, 0) is 6.92 Å². The van der Waals surface area contributed by atoms with Gasteiger partial charge in [0.05, 0.1) is 18.6 Å². The predicted molar refractivity (Wildman–Crippen MR) is 66.7 cm³/mol. The van der Waals surface area contributed by atoms with E-state index in [1.165, 1.54) is 0 Å². The number of rotatable bonds is 5. The molecule has 1 rings (SSSR count). The Morgan fingerprint density at radius 2 is 2.10 bits per heavy atom. The Balaban J connectivity index is 3.11. The number of ether oxygens (including phenoxy) is 2. The number of alkyl halides is 4. The second-order valence-electron chi connectivity index (χ2n) is 3.63. The Bertz CT molecular complexity index is 541. The number of nitrogens with one attached hydrogen (secondary N) is 1. The van der Waals surface area contributed by atoms with Crippen molar-refractivity contribution in [2.75, 3.05) is 6.61 Å². The van der Waals surface area contributed by atoms with Crippen LogP contribution < -0.4 is 10.2 Å². The van der Waals surface area contributed by atoms with E-state index < -0.39 is 23.6 Å². The van der Waals surface area contributed by atoms with E-state index in [1.54, 1.807) is 6.92 Å².